The first-order chi connectivity index (χ1) is 8.83. The van der Waals surface area contributed by atoms with Crippen molar-refractivity contribution in [2.75, 3.05) is 5.32 Å². The van der Waals surface area contributed by atoms with E-state index in [2.05, 4.69) is 28.4 Å². The molecule has 0 spiro atoms. The minimum absolute atomic E-state index is 0.601. The number of nitrogens with one attached hydrogen (secondary N) is 1. The van der Waals surface area contributed by atoms with Gasteiger partial charge in [-0.3, -0.25) is 0 Å². The molecular formula is C15H25N3. The summed E-state index contributed by atoms with van der Waals surface area (Å²) in [6, 6.07) is 0.601. The Balaban J connectivity index is 1.83. The van der Waals surface area contributed by atoms with Gasteiger partial charge in [-0.05, 0) is 31.6 Å². The van der Waals surface area contributed by atoms with Crippen molar-refractivity contribution in [3.05, 3.63) is 25.0 Å². The van der Waals surface area contributed by atoms with Crippen molar-refractivity contribution in [1.29, 1.82) is 0 Å². The molecule has 1 saturated carbocycles. The molecule has 1 N–H and O–H groups in total. The van der Waals surface area contributed by atoms with E-state index in [0.29, 0.717) is 6.04 Å². The normalized spacial score (nSPS) is 23.8. The fraction of sp³-hybridized carbons (Fsp3) is 0.667. The van der Waals surface area contributed by atoms with Crippen LogP contribution in [0.25, 0.3) is 0 Å². The maximum absolute atomic E-state index is 4.39. The minimum atomic E-state index is 0.601. The highest BCUT2D eigenvalue weighted by Gasteiger charge is 2.21. The van der Waals surface area contributed by atoms with E-state index in [9.17, 15) is 0 Å². The molecule has 0 atom stereocenters. The quantitative estimate of drug-likeness (QED) is 0.774. The lowest BCUT2D eigenvalue weighted by Gasteiger charge is -2.29. The van der Waals surface area contributed by atoms with E-state index in [1.165, 1.54) is 38.5 Å². The number of allylic oxidation sites excluding steroid dienone is 1. The molecule has 0 unspecified atom stereocenters. The van der Waals surface area contributed by atoms with Gasteiger partial charge in [0.05, 0.1) is 0 Å². The van der Waals surface area contributed by atoms with Gasteiger partial charge in [0.2, 0.25) is 5.95 Å². The second-order valence-electron chi connectivity index (χ2n) is 5.34. The van der Waals surface area contributed by atoms with Crippen LogP contribution in [0.3, 0.4) is 0 Å². The molecule has 100 valence electrons. The van der Waals surface area contributed by atoms with E-state index in [-0.39, 0.29) is 0 Å². The van der Waals surface area contributed by atoms with Gasteiger partial charge in [-0.2, -0.15) is 0 Å². The van der Waals surface area contributed by atoms with Crippen LogP contribution < -0.4 is 5.32 Å². The molecule has 1 fully saturated rings. The van der Waals surface area contributed by atoms with Crippen molar-refractivity contribution in [2.24, 2.45) is 5.92 Å². The lowest BCUT2D eigenvalue weighted by Crippen LogP contribution is -2.27. The lowest BCUT2D eigenvalue weighted by atomic mass is 9.83. The van der Waals surface area contributed by atoms with Crippen molar-refractivity contribution in [3.63, 3.8) is 0 Å². The molecular weight excluding hydrogens is 222 g/mol. The maximum atomic E-state index is 4.39. The van der Waals surface area contributed by atoms with E-state index >= 15 is 0 Å². The topological polar surface area (TPSA) is 29.9 Å². The Morgan fingerprint density at radius 3 is 2.89 bits per heavy atom. The predicted octanol–water partition coefficient (Wildman–Crippen LogP) is 3.84. The van der Waals surface area contributed by atoms with Gasteiger partial charge in [0.15, 0.2) is 0 Å². The van der Waals surface area contributed by atoms with Gasteiger partial charge in [-0.1, -0.05) is 25.8 Å². The molecule has 1 aliphatic rings. The Labute approximate surface area is 110 Å². The fourth-order valence-corrected chi connectivity index (χ4v) is 2.92. The standard InChI is InChI=1S/C15H25N3/c1-3-5-13-6-8-14(9-7-13)17-15-16-10-12-18(15)11-4-2/h4,10,12-14H,2-3,5-9,11H2,1H3,(H,16,17). The first kappa shape index (κ1) is 13.2. The highest BCUT2D eigenvalue weighted by Crippen LogP contribution is 2.29. The Morgan fingerprint density at radius 2 is 2.22 bits per heavy atom. The van der Waals surface area contributed by atoms with Crippen LogP contribution in [-0.2, 0) is 6.54 Å². The molecule has 1 aromatic heterocycles. The van der Waals surface area contributed by atoms with Crippen LogP contribution in [0.4, 0.5) is 5.95 Å². The molecule has 1 aliphatic carbocycles. The molecule has 3 nitrogen and oxygen atoms in total. The summed E-state index contributed by atoms with van der Waals surface area (Å²) in [5.74, 6) is 1.95. The Hall–Kier alpha value is -1.25. The van der Waals surface area contributed by atoms with Crippen LogP contribution in [0.15, 0.2) is 25.0 Å². The molecule has 1 heterocycles. The molecule has 0 saturated heterocycles. The minimum Gasteiger partial charge on any atom is -0.353 e. The van der Waals surface area contributed by atoms with E-state index in [4.69, 9.17) is 0 Å². The molecule has 2 rings (SSSR count). The largest absolute Gasteiger partial charge is 0.353 e. The summed E-state index contributed by atoms with van der Waals surface area (Å²) in [7, 11) is 0. The highest BCUT2D eigenvalue weighted by atomic mass is 15.2. The van der Waals surface area contributed by atoms with Crippen LogP contribution in [0.2, 0.25) is 0 Å². The van der Waals surface area contributed by atoms with Gasteiger partial charge in [-0.25, -0.2) is 4.98 Å². The van der Waals surface area contributed by atoms with E-state index in [1.54, 1.807) is 0 Å². The van der Waals surface area contributed by atoms with Gasteiger partial charge >= 0.3 is 0 Å². The third kappa shape index (κ3) is 3.37. The smallest absolute Gasteiger partial charge is 0.203 e. The van der Waals surface area contributed by atoms with Crippen molar-refractivity contribution in [2.45, 2.75) is 58.0 Å². The molecule has 0 aromatic carbocycles. The number of hydrogen-bond donors (Lipinski definition) is 1. The van der Waals surface area contributed by atoms with Gasteiger partial charge in [-0.15, -0.1) is 6.58 Å². The number of imidazole rings is 1. The summed E-state index contributed by atoms with van der Waals surface area (Å²) < 4.78 is 2.12. The molecule has 0 bridgehead atoms. The van der Waals surface area contributed by atoms with Crippen molar-refractivity contribution >= 4 is 5.95 Å². The molecule has 18 heavy (non-hydrogen) atoms. The summed E-state index contributed by atoms with van der Waals surface area (Å²) in [4.78, 5) is 4.39. The summed E-state index contributed by atoms with van der Waals surface area (Å²) in [5.41, 5.74) is 0. The summed E-state index contributed by atoms with van der Waals surface area (Å²) >= 11 is 0. The Bertz CT molecular complexity index is 362. The summed E-state index contributed by atoms with van der Waals surface area (Å²) in [6.45, 7) is 6.89. The monoisotopic (exact) mass is 247 g/mol. The summed E-state index contributed by atoms with van der Waals surface area (Å²) in [5, 5.41) is 3.58. The van der Waals surface area contributed by atoms with Crippen LogP contribution >= 0.6 is 0 Å². The predicted molar refractivity (Wildman–Crippen MR) is 76.7 cm³/mol. The second kappa shape index (κ2) is 6.62. The zero-order valence-electron chi connectivity index (χ0n) is 11.4. The van der Waals surface area contributed by atoms with Crippen molar-refractivity contribution < 1.29 is 0 Å². The number of nitrogens with zero attached hydrogens (tertiary/aromatic N) is 2. The number of aromatic nitrogens is 2. The van der Waals surface area contributed by atoms with Gasteiger partial charge in [0.25, 0.3) is 0 Å². The first-order valence-electron chi connectivity index (χ1n) is 7.22. The zero-order valence-corrected chi connectivity index (χ0v) is 11.4. The van der Waals surface area contributed by atoms with Crippen LogP contribution in [0, 0.1) is 5.92 Å². The lowest BCUT2D eigenvalue weighted by molar-refractivity contribution is 0.318. The van der Waals surface area contributed by atoms with Gasteiger partial charge < -0.3 is 9.88 Å². The molecule has 3 heteroatoms. The van der Waals surface area contributed by atoms with Crippen molar-refractivity contribution in [3.8, 4) is 0 Å². The van der Waals surface area contributed by atoms with Crippen LogP contribution in [0.5, 0.6) is 0 Å². The van der Waals surface area contributed by atoms with Crippen LogP contribution in [-0.4, -0.2) is 15.6 Å². The fourth-order valence-electron chi connectivity index (χ4n) is 2.92. The van der Waals surface area contributed by atoms with E-state index in [1.807, 2.05) is 18.5 Å². The average Bonchev–Trinajstić information content (AvgIpc) is 2.80. The molecule has 0 radical (unpaired) electrons. The zero-order chi connectivity index (χ0) is 12.8. The first-order valence-corrected chi connectivity index (χ1v) is 7.22. The average molecular weight is 247 g/mol. The number of rotatable bonds is 6. The molecule has 1 aromatic rings. The molecule has 0 aliphatic heterocycles. The second-order valence-corrected chi connectivity index (χ2v) is 5.34. The highest BCUT2D eigenvalue weighted by molar-refractivity contribution is 5.28. The third-order valence-electron chi connectivity index (χ3n) is 3.92. The van der Waals surface area contributed by atoms with Crippen LogP contribution in [0.1, 0.15) is 45.4 Å². The van der Waals surface area contributed by atoms with E-state index < -0.39 is 0 Å². The maximum Gasteiger partial charge on any atom is 0.203 e. The van der Waals surface area contributed by atoms with Crippen molar-refractivity contribution in [1.82, 2.24) is 9.55 Å². The third-order valence-corrected chi connectivity index (χ3v) is 3.92. The molecule has 0 amide bonds. The number of hydrogen-bond acceptors (Lipinski definition) is 2. The Morgan fingerprint density at radius 1 is 1.44 bits per heavy atom. The van der Waals surface area contributed by atoms with E-state index in [0.717, 1.165) is 18.4 Å². The number of anilines is 1. The Kier molecular flexibility index (Phi) is 4.85. The van der Waals surface area contributed by atoms with Gasteiger partial charge in [0.1, 0.15) is 0 Å². The summed E-state index contributed by atoms with van der Waals surface area (Å²) in [6.07, 6.45) is 13.8. The SMILES string of the molecule is C=CCn1ccnc1NC1CCC(CCC)CC1. The van der Waals surface area contributed by atoms with Gasteiger partial charge in [0, 0.05) is 25.0 Å².